The number of carboxylic acids is 2. The quantitative estimate of drug-likeness (QED) is 0.0781. The minimum atomic E-state index is -1.28. The Morgan fingerprint density at radius 2 is 1.66 bits per heavy atom. The zero-order valence-electron chi connectivity index (χ0n) is 20.1. The minimum absolute atomic E-state index is 0.112. The molecule has 0 saturated carbocycles. The fourth-order valence-corrected chi connectivity index (χ4v) is 3.63. The van der Waals surface area contributed by atoms with Gasteiger partial charge in [0.05, 0.1) is 6.04 Å². The van der Waals surface area contributed by atoms with E-state index < -0.39 is 60.2 Å². The summed E-state index contributed by atoms with van der Waals surface area (Å²) >= 11 is 0. The Balaban J connectivity index is 3.06. The third-order valence-corrected chi connectivity index (χ3v) is 5.68. The van der Waals surface area contributed by atoms with Gasteiger partial charge in [-0.2, -0.15) is 0 Å². The molecule has 0 aliphatic carbocycles. The van der Waals surface area contributed by atoms with Crippen LogP contribution in [0.25, 0.3) is 0 Å². The third-order valence-electron chi connectivity index (χ3n) is 5.68. The number of guanidine groups is 1. The molecule has 14 heteroatoms. The zero-order chi connectivity index (χ0) is 26.7. The molecule has 35 heavy (non-hydrogen) atoms. The number of carbonyl (C=O) groups excluding carboxylic acids is 3. The number of hydrogen-bond donors (Lipinski definition) is 7. The van der Waals surface area contributed by atoms with Crippen molar-refractivity contribution in [2.45, 2.75) is 76.5 Å². The highest BCUT2D eigenvalue weighted by Crippen LogP contribution is 2.20. The Kier molecular flexibility index (Phi) is 11.9. The van der Waals surface area contributed by atoms with Gasteiger partial charge in [-0.15, -0.1) is 0 Å². The predicted molar refractivity (Wildman–Crippen MR) is 126 cm³/mol. The number of carbonyl (C=O) groups is 5. The van der Waals surface area contributed by atoms with Crippen LogP contribution in [0.15, 0.2) is 4.99 Å². The first-order valence-electron chi connectivity index (χ1n) is 11.5. The van der Waals surface area contributed by atoms with E-state index in [4.69, 9.17) is 22.3 Å². The van der Waals surface area contributed by atoms with E-state index in [1.807, 2.05) is 0 Å². The van der Waals surface area contributed by atoms with E-state index in [1.165, 1.54) is 0 Å². The maximum Gasteiger partial charge on any atom is 0.326 e. The smallest absolute Gasteiger partial charge is 0.326 e. The molecule has 0 radical (unpaired) electrons. The second-order valence-corrected chi connectivity index (χ2v) is 8.80. The van der Waals surface area contributed by atoms with Crippen LogP contribution in [0, 0.1) is 5.92 Å². The molecule has 198 valence electrons. The second-order valence-electron chi connectivity index (χ2n) is 8.80. The summed E-state index contributed by atoms with van der Waals surface area (Å²) in [5, 5.41) is 23.5. The van der Waals surface area contributed by atoms with Crippen molar-refractivity contribution in [3.63, 3.8) is 0 Å². The van der Waals surface area contributed by atoms with E-state index in [2.05, 4.69) is 15.6 Å². The van der Waals surface area contributed by atoms with Crippen molar-refractivity contribution in [2.24, 2.45) is 28.1 Å². The number of hydrogen-bond acceptors (Lipinski definition) is 7. The molecule has 10 N–H and O–H groups in total. The van der Waals surface area contributed by atoms with Crippen LogP contribution >= 0.6 is 0 Å². The zero-order valence-corrected chi connectivity index (χ0v) is 20.1. The number of aliphatic carboxylic acids is 2. The molecule has 0 spiro atoms. The number of aliphatic imine (C=N–C) groups is 1. The summed E-state index contributed by atoms with van der Waals surface area (Å²) in [6, 6.07) is -4.32. The van der Waals surface area contributed by atoms with Crippen LogP contribution in [-0.4, -0.2) is 88.0 Å². The number of nitrogens with zero attached hydrogens (tertiary/aromatic N) is 2. The monoisotopic (exact) mass is 499 g/mol. The van der Waals surface area contributed by atoms with Gasteiger partial charge in [0.1, 0.15) is 18.1 Å². The highest BCUT2D eigenvalue weighted by molar-refractivity contribution is 5.94. The summed E-state index contributed by atoms with van der Waals surface area (Å²) in [7, 11) is 0. The van der Waals surface area contributed by atoms with Gasteiger partial charge in [0.2, 0.25) is 17.7 Å². The molecule has 4 atom stereocenters. The van der Waals surface area contributed by atoms with Crippen LogP contribution in [0.3, 0.4) is 0 Å². The third kappa shape index (κ3) is 9.76. The van der Waals surface area contributed by atoms with E-state index >= 15 is 0 Å². The second kappa shape index (κ2) is 14.1. The van der Waals surface area contributed by atoms with Gasteiger partial charge in [-0.25, -0.2) is 4.79 Å². The van der Waals surface area contributed by atoms with Crippen LogP contribution in [0.1, 0.15) is 52.4 Å². The lowest BCUT2D eigenvalue weighted by Gasteiger charge is -2.29. The number of rotatable bonds is 14. The number of nitrogens with one attached hydrogen (secondary N) is 2. The molecule has 1 fully saturated rings. The average Bonchev–Trinajstić information content (AvgIpc) is 3.27. The molecule has 3 amide bonds. The van der Waals surface area contributed by atoms with Gasteiger partial charge in [-0.1, -0.05) is 13.8 Å². The van der Waals surface area contributed by atoms with Gasteiger partial charge in [-0.05, 0) is 38.0 Å². The molecular formula is C21H37N7O7. The maximum atomic E-state index is 13.1. The summed E-state index contributed by atoms with van der Waals surface area (Å²) in [5.74, 6) is -4.67. The minimum Gasteiger partial charge on any atom is -0.481 e. The van der Waals surface area contributed by atoms with Crippen LogP contribution in [0.2, 0.25) is 0 Å². The molecule has 4 unspecified atom stereocenters. The number of nitrogens with two attached hydrogens (primary N) is 3. The molecule has 0 aromatic heterocycles. The van der Waals surface area contributed by atoms with Crippen molar-refractivity contribution in [3.8, 4) is 0 Å². The molecule has 14 nitrogen and oxygen atoms in total. The van der Waals surface area contributed by atoms with Gasteiger partial charge < -0.3 is 42.9 Å². The lowest BCUT2D eigenvalue weighted by Crippen LogP contribution is -2.57. The van der Waals surface area contributed by atoms with Crippen LogP contribution in [-0.2, 0) is 24.0 Å². The van der Waals surface area contributed by atoms with E-state index in [0.717, 1.165) is 4.90 Å². The number of carboxylic acid groups (broad SMARTS) is 2. The first-order chi connectivity index (χ1) is 16.3. The van der Waals surface area contributed by atoms with Crippen molar-refractivity contribution < 1.29 is 34.2 Å². The van der Waals surface area contributed by atoms with E-state index in [9.17, 15) is 29.1 Å². The van der Waals surface area contributed by atoms with Gasteiger partial charge in [-0.3, -0.25) is 24.2 Å². The normalized spacial score (nSPS) is 17.8. The lowest BCUT2D eigenvalue weighted by atomic mass is 10.0. The summed E-state index contributed by atoms with van der Waals surface area (Å²) in [6.45, 7) is 3.85. The number of likely N-dealkylation sites (tertiary alicyclic amines) is 1. The van der Waals surface area contributed by atoms with Crippen molar-refractivity contribution in [1.82, 2.24) is 15.5 Å². The average molecular weight is 500 g/mol. The summed E-state index contributed by atoms with van der Waals surface area (Å²) in [5.41, 5.74) is 16.5. The van der Waals surface area contributed by atoms with Crippen molar-refractivity contribution in [2.75, 3.05) is 13.1 Å². The van der Waals surface area contributed by atoms with Crippen LogP contribution < -0.4 is 27.8 Å². The Labute approximate surface area is 203 Å². The molecule has 1 aliphatic heterocycles. The van der Waals surface area contributed by atoms with Gasteiger partial charge in [0, 0.05) is 19.5 Å². The molecule has 0 bridgehead atoms. The fraction of sp³-hybridized carbons (Fsp3) is 0.714. The lowest BCUT2D eigenvalue weighted by molar-refractivity contribution is -0.150. The summed E-state index contributed by atoms with van der Waals surface area (Å²) < 4.78 is 0. The molecule has 0 aromatic rings. The topological polar surface area (TPSA) is 244 Å². The van der Waals surface area contributed by atoms with Crippen molar-refractivity contribution in [3.05, 3.63) is 0 Å². The first kappa shape index (κ1) is 29.6. The maximum absolute atomic E-state index is 13.1. The SMILES string of the molecule is CC(C)C(N)C(=O)NC(CCCN=C(N)N)C(=O)NC(CCC(=O)O)C(=O)N1CCCC1C(=O)O. The van der Waals surface area contributed by atoms with Crippen molar-refractivity contribution >= 4 is 35.6 Å². The van der Waals surface area contributed by atoms with Crippen LogP contribution in [0.5, 0.6) is 0 Å². The van der Waals surface area contributed by atoms with Gasteiger partial charge in [0.25, 0.3) is 0 Å². The predicted octanol–water partition coefficient (Wildman–Crippen LogP) is -2.07. The van der Waals surface area contributed by atoms with Gasteiger partial charge >= 0.3 is 11.9 Å². The Morgan fingerprint density at radius 1 is 1.03 bits per heavy atom. The molecule has 1 rings (SSSR count). The highest BCUT2D eigenvalue weighted by atomic mass is 16.4. The Bertz CT molecular complexity index is 814. The molecule has 1 saturated heterocycles. The van der Waals surface area contributed by atoms with E-state index in [-0.39, 0.29) is 44.2 Å². The number of amides is 3. The summed E-state index contributed by atoms with van der Waals surface area (Å²) in [4.78, 5) is 66.3. The summed E-state index contributed by atoms with van der Waals surface area (Å²) in [6.07, 6.45) is 0.482. The largest absolute Gasteiger partial charge is 0.481 e. The highest BCUT2D eigenvalue weighted by Gasteiger charge is 2.38. The molecule has 0 aromatic carbocycles. The Morgan fingerprint density at radius 3 is 2.20 bits per heavy atom. The molecular weight excluding hydrogens is 462 g/mol. The molecule has 1 aliphatic rings. The van der Waals surface area contributed by atoms with Crippen molar-refractivity contribution in [1.29, 1.82) is 0 Å². The standard InChI is InChI=1S/C21H37N7O7/c1-11(2)16(22)18(32)26-12(5-3-9-25-21(23)24)17(31)27-13(7-8-15(29)30)19(33)28-10-4-6-14(28)20(34)35/h11-14,16H,3-10,22H2,1-2H3,(H,26,32)(H,27,31)(H,29,30)(H,34,35)(H4,23,24,25). The fourth-order valence-electron chi connectivity index (χ4n) is 3.63. The van der Waals surface area contributed by atoms with E-state index in [1.54, 1.807) is 13.8 Å². The van der Waals surface area contributed by atoms with Gasteiger partial charge in [0.15, 0.2) is 5.96 Å². The Hall–Kier alpha value is -3.42. The first-order valence-corrected chi connectivity index (χ1v) is 11.5. The molecule has 1 heterocycles. The van der Waals surface area contributed by atoms with E-state index in [0.29, 0.717) is 12.8 Å². The van der Waals surface area contributed by atoms with Crippen LogP contribution in [0.4, 0.5) is 0 Å².